The van der Waals surface area contributed by atoms with E-state index in [0.717, 1.165) is 4.47 Å². The lowest BCUT2D eigenvalue weighted by Crippen LogP contribution is -2.15. The molecule has 0 fully saturated rings. The number of ether oxygens (including phenoxy) is 1. The number of esters is 1. The van der Waals surface area contributed by atoms with Crippen LogP contribution in [0, 0.1) is 5.82 Å². The molecule has 0 aliphatic heterocycles. The largest absolute Gasteiger partial charge is 0.451 e. The van der Waals surface area contributed by atoms with Crippen LogP contribution in [0.15, 0.2) is 83.3 Å². The number of ketones is 1. The van der Waals surface area contributed by atoms with Gasteiger partial charge in [-0.25, -0.2) is 18.9 Å². The average Bonchev–Trinajstić information content (AvgIpc) is 3.24. The summed E-state index contributed by atoms with van der Waals surface area (Å²) in [7, 11) is 0. The fourth-order valence-corrected chi connectivity index (χ4v) is 3.11. The topological polar surface area (TPSA) is 74.1 Å². The van der Waals surface area contributed by atoms with Gasteiger partial charge in [0.15, 0.2) is 18.2 Å². The Bertz CT molecular complexity index is 1160. The van der Waals surface area contributed by atoms with Crippen molar-refractivity contribution in [1.29, 1.82) is 0 Å². The number of Topliss-reactive ketones (excluding diaryl/α,β-unsaturated/α-hetero) is 1. The van der Waals surface area contributed by atoms with Crippen molar-refractivity contribution in [3.63, 3.8) is 0 Å². The molecular weight excluding hydrogens is 465 g/mol. The first kappa shape index (κ1) is 20.6. The molecule has 3 aromatic carbocycles. The third-order valence-corrected chi connectivity index (χ3v) is 4.92. The molecule has 0 aliphatic carbocycles. The summed E-state index contributed by atoms with van der Waals surface area (Å²) >= 11 is 3.38. The van der Waals surface area contributed by atoms with Crippen LogP contribution >= 0.6 is 15.9 Å². The van der Waals surface area contributed by atoms with Crippen molar-refractivity contribution < 1.29 is 18.7 Å². The minimum absolute atomic E-state index is 0.205. The molecule has 0 saturated heterocycles. The zero-order chi connectivity index (χ0) is 21.8. The normalized spacial score (nSPS) is 10.6. The number of halogens is 2. The SMILES string of the molecule is O=C(COC(=O)c1nc(-c2ccc(Br)cc2)n(-c2ccc(F)cc2)n1)c1ccccc1. The number of rotatable bonds is 6. The van der Waals surface area contributed by atoms with E-state index >= 15 is 0 Å². The Morgan fingerprint density at radius 2 is 1.61 bits per heavy atom. The van der Waals surface area contributed by atoms with E-state index in [1.54, 1.807) is 30.3 Å². The number of carbonyl (C=O) groups excluding carboxylic acids is 2. The van der Waals surface area contributed by atoms with E-state index in [4.69, 9.17) is 4.74 Å². The van der Waals surface area contributed by atoms with Crippen LogP contribution in [-0.2, 0) is 4.74 Å². The average molecular weight is 480 g/mol. The van der Waals surface area contributed by atoms with E-state index < -0.39 is 18.4 Å². The molecule has 154 valence electrons. The van der Waals surface area contributed by atoms with Crippen molar-refractivity contribution in [2.45, 2.75) is 0 Å². The second-order valence-electron chi connectivity index (χ2n) is 6.52. The predicted octanol–water partition coefficient (Wildman–Crippen LogP) is 4.88. The fourth-order valence-electron chi connectivity index (χ4n) is 2.85. The van der Waals surface area contributed by atoms with Gasteiger partial charge in [-0.3, -0.25) is 4.79 Å². The Labute approximate surface area is 185 Å². The predicted molar refractivity (Wildman–Crippen MR) is 116 cm³/mol. The molecule has 0 saturated carbocycles. The summed E-state index contributed by atoms with van der Waals surface area (Å²) in [5.74, 6) is -1.39. The van der Waals surface area contributed by atoms with Crippen LogP contribution in [0.1, 0.15) is 21.0 Å². The van der Waals surface area contributed by atoms with Gasteiger partial charge in [0.2, 0.25) is 0 Å². The highest BCUT2D eigenvalue weighted by molar-refractivity contribution is 9.10. The van der Waals surface area contributed by atoms with Gasteiger partial charge in [-0.05, 0) is 36.4 Å². The number of nitrogens with zero attached hydrogens (tertiary/aromatic N) is 3. The van der Waals surface area contributed by atoms with Crippen LogP contribution in [0.25, 0.3) is 17.1 Å². The van der Waals surface area contributed by atoms with Gasteiger partial charge in [0.25, 0.3) is 5.82 Å². The maximum atomic E-state index is 13.4. The van der Waals surface area contributed by atoms with Gasteiger partial charge in [0.1, 0.15) is 5.82 Å². The first-order valence-electron chi connectivity index (χ1n) is 9.25. The lowest BCUT2D eigenvalue weighted by Gasteiger charge is -2.06. The second kappa shape index (κ2) is 9.01. The van der Waals surface area contributed by atoms with Crippen LogP contribution in [-0.4, -0.2) is 33.1 Å². The molecule has 0 N–H and O–H groups in total. The highest BCUT2D eigenvalue weighted by Gasteiger charge is 2.21. The number of benzene rings is 3. The molecule has 0 bridgehead atoms. The van der Waals surface area contributed by atoms with Gasteiger partial charge in [-0.2, -0.15) is 0 Å². The third kappa shape index (κ3) is 4.75. The van der Waals surface area contributed by atoms with Gasteiger partial charge in [-0.15, -0.1) is 5.10 Å². The van der Waals surface area contributed by atoms with E-state index in [-0.39, 0.29) is 11.6 Å². The van der Waals surface area contributed by atoms with E-state index in [1.807, 2.05) is 24.3 Å². The summed E-state index contributed by atoms with van der Waals surface area (Å²) in [6.07, 6.45) is 0. The van der Waals surface area contributed by atoms with E-state index in [2.05, 4.69) is 26.0 Å². The van der Waals surface area contributed by atoms with E-state index in [0.29, 0.717) is 22.6 Å². The molecule has 0 aliphatic rings. The summed E-state index contributed by atoms with van der Waals surface area (Å²) in [5.41, 5.74) is 1.65. The van der Waals surface area contributed by atoms with Crippen LogP contribution in [0.3, 0.4) is 0 Å². The fraction of sp³-hybridized carbons (Fsp3) is 0.0435. The first-order valence-corrected chi connectivity index (χ1v) is 10.0. The van der Waals surface area contributed by atoms with Crippen molar-refractivity contribution in [2.24, 2.45) is 0 Å². The minimum atomic E-state index is -0.830. The quantitative estimate of drug-likeness (QED) is 0.291. The van der Waals surface area contributed by atoms with Gasteiger partial charge in [-0.1, -0.05) is 58.4 Å². The highest BCUT2D eigenvalue weighted by Crippen LogP contribution is 2.23. The summed E-state index contributed by atoms with van der Waals surface area (Å²) in [6.45, 7) is -0.429. The van der Waals surface area contributed by atoms with Gasteiger partial charge >= 0.3 is 5.97 Å². The zero-order valence-electron chi connectivity index (χ0n) is 16.0. The lowest BCUT2D eigenvalue weighted by molar-refractivity contribution is 0.0462. The smallest absolute Gasteiger partial charge is 0.378 e. The molecule has 0 spiro atoms. The second-order valence-corrected chi connectivity index (χ2v) is 7.44. The maximum absolute atomic E-state index is 13.4. The molecule has 1 heterocycles. The summed E-state index contributed by atoms with van der Waals surface area (Å²) in [5, 5.41) is 4.25. The van der Waals surface area contributed by atoms with Crippen molar-refractivity contribution >= 4 is 27.7 Å². The molecule has 8 heteroatoms. The molecule has 4 rings (SSSR count). The number of aromatic nitrogens is 3. The molecule has 0 unspecified atom stereocenters. The number of hydrogen-bond acceptors (Lipinski definition) is 5. The lowest BCUT2D eigenvalue weighted by atomic mass is 10.1. The molecule has 0 radical (unpaired) electrons. The maximum Gasteiger partial charge on any atom is 0.378 e. The van der Waals surface area contributed by atoms with Gasteiger partial charge < -0.3 is 4.74 Å². The number of carbonyl (C=O) groups is 2. The van der Waals surface area contributed by atoms with Crippen molar-refractivity contribution in [3.8, 4) is 17.1 Å². The van der Waals surface area contributed by atoms with E-state index in [9.17, 15) is 14.0 Å². The van der Waals surface area contributed by atoms with Gasteiger partial charge in [0.05, 0.1) is 5.69 Å². The Hall–Kier alpha value is -3.65. The van der Waals surface area contributed by atoms with E-state index in [1.165, 1.54) is 28.9 Å². The first-order chi connectivity index (χ1) is 15.0. The van der Waals surface area contributed by atoms with Crippen molar-refractivity contribution in [3.05, 3.63) is 101 Å². The summed E-state index contributed by atoms with van der Waals surface area (Å²) in [4.78, 5) is 29.0. The molecule has 31 heavy (non-hydrogen) atoms. The molecule has 4 aromatic rings. The van der Waals surface area contributed by atoms with Crippen LogP contribution in [0.4, 0.5) is 4.39 Å². The molecular formula is C23H15BrFN3O3. The zero-order valence-corrected chi connectivity index (χ0v) is 17.6. The Kier molecular flexibility index (Phi) is 5.99. The van der Waals surface area contributed by atoms with Crippen LogP contribution in [0.2, 0.25) is 0 Å². The standard InChI is InChI=1S/C23H15BrFN3O3/c24-17-8-6-16(7-9-17)22-26-21(27-28(22)19-12-10-18(25)11-13-19)23(30)31-14-20(29)15-4-2-1-3-5-15/h1-13H,14H2. The minimum Gasteiger partial charge on any atom is -0.451 e. The monoisotopic (exact) mass is 479 g/mol. The Morgan fingerprint density at radius 3 is 2.29 bits per heavy atom. The van der Waals surface area contributed by atoms with Crippen LogP contribution < -0.4 is 0 Å². The number of hydrogen-bond donors (Lipinski definition) is 0. The third-order valence-electron chi connectivity index (χ3n) is 4.39. The van der Waals surface area contributed by atoms with Crippen molar-refractivity contribution in [1.82, 2.24) is 14.8 Å². The molecule has 0 atom stereocenters. The molecule has 0 amide bonds. The van der Waals surface area contributed by atoms with Crippen LogP contribution in [0.5, 0.6) is 0 Å². The summed E-state index contributed by atoms with van der Waals surface area (Å²) < 4.78 is 20.8. The molecule has 1 aromatic heterocycles. The summed E-state index contributed by atoms with van der Waals surface area (Å²) in [6, 6.07) is 21.4. The molecule has 6 nitrogen and oxygen atoms in total. The van der Waals surface area contributed by atoms with Crippen molar-refractivity contribution in [2.75, 3.05) is 6.61 Å². The Morgan fingerprint density at radius 1 is 0.935 bits per heavy atom. The van der Waals surface area contributed by atoms with Gasteiger partial charge in [0, 0.05) is 15.6 Å². The Balaban J connectivity index is 1.62. The highest BCUT2D eigenvalue weighted by atomic mass is 79.9.